The molecule has 0 aliphatic heterocycles. The highest BCUT2D eigenvalue weighted by Gasteiger charge is 2.06. The molecular weight excluding hydrogens is 222 g/mol. The third-order valence-corrected chi connectivity index (χ3v) is 3.19. The first-order valence-corrected chi connectivity index (χ1v) is 5.61. The Kier molecular flexibility index (Phi) is 2.92. The molecule has 1 aromatic carbocycles. The van der Waals surface area contributed by atoms with Crippen molar-refractivity contribution >= 4 is 17.2 Å². The van der Waals surface area contributed by atoms with E-state index in [1.807, 2.05) is 29.6 Å². The molecular formula is C12H11NO2S. The van der Waals surface area contributed by atoms with Gasteiger partial charge in [0.05, 0.1) is 12.0 Å². The molecule has 1 aromatic heterocycles. The van der Waals surface area contributed by atoms with Crippen molar-refractivity contribution in [3.05, 3.63) is 40.6 Å². The largest absolute Gasteiger partial charge is 0.497 e. The number of carbonyl (C=O) groups excluding carboxylic acids is 1. The first kappa shape index (κ1) is 10.7. The molecule has 1 amide bonds. The van der Waals surface area contributed by atoms with Crippen LogP contribution in [0.5, 0.6) is 5.75 Å². The van der Waals surface area contributed by atoms with Crippen LogP contribution in [0.2, 0.25) is 0 Å². The maximum absolute atomic E-state index is 11.0. The topological polar surface area (TPSA) is 52.3 Å². The van der Waals surface area contributed by atoms with Crippen molar-refractivity contribution in [2.45, 2.75) is 0 Å². The van der Waals surface area contributed by atoms with E-state index in [1.165, 1.54) is 11.3 Å². The van der Waals surface area contributed by atoms with E-state index in [0.29, 0.717) is 4.88 Å². The molecule has 3 nitrogen and oxygen atoms in total. The maximum atomic E-state index is 11.0. The summed E-state index contributed by atoms with van der Waals surface area (Å²) in [7, 11) is 1.63. The van der Waals surface area contributed by atoms with Crippen LogP contribution in [0.4, 0.5) is 0 Å². The van der Waals surface area contributed by atoms with Gasteiger partial charge >= 0.3 is 0 Å². The molecule has 4 heteroatoms. The Hall–Kier alpha value is -1.81. The summed E-state index contributed by atoms with van der Waals surface area (Å²) < 4.78 is 5.14. The summed E-state index contributed by atoms with van der Waals surface area (Å²) in [4.78, 5) is 11.5. The van der Waals surface area contributed by atoms with Crippen LogP contribution in [-0.2, 0) is 0 Å². The second-order valence-electron chi connectivity index (χ2n) is 3.30. The molecule has 16 heavy (non-hydrogen) atoms. The van der Waals surface area contributed by atoms with Gasteiger partial charge in [0, 0.05) is 0 Å². The van der Waals surface area contributed by atoms with E-state index < -0.39 is 0 Å². The maximum Gasteiger partial charge on any atom is 0.258 e. The number of primary amides is 1. The van der Waals surface area contributed by atoms with Crippen LogP contribution in [0.1, 0.15) is 9.67 Å². The molecule has 0 bridgehead atoms. The van der Waals surface area contributed by atoms with Crippen LogP contribution in [0.25, 0.3) is 11.1 Å². The molecule has 0 fully saturated rings. The predicted octanol–water partition coefficient (Wildman–Crippen LogP) is 2.52. The van der Waals surface area contributed by atoms with Crippen LogP contribution in [-0.4, -0.2) is 13.0 Å². The lowest BCUT2D eigenvalue weighted by atomic mass is 10.1. The fourth-order valence-corrected chi connectivity index (χ4v) is 2.19. The lowest BCUT2D eigenvalue weighted by Crippen LogP contribution is -2.08. The molecule has 2 rings (SSSR count). The molecule has 0 aliphatic rings. The summed E-state index contributed by atoms with van der Waals surface area (Å²) in [5.41, 5.74) is 7.21. The minimum atomic E-state index is -0.390. The van der Waals surface area contributed by atoms with Crippen LogP contribution in [0.3, 0.4) is 0 Å². The van der Waals surface area contributed by atoms with Crippen molar-refractivity contribution in [3.63, 3.8) is 0 Å². The Morgan fingerprint density at radius 2 is 2.12 bits per heavy atom. The number of amides is 1. The first-order valence-electron chi connectivity index (χ1n) is 4.73. The van der Waals surface area contributed by atoms with E-state index in [9.17, 15) is 4.79 Å². The van der Waals surface area contributed by atoms with Gasteiger partial charge in [-0.3, -0.25) is 4.79 Å². The van der Waals surface area contributed by atoms with Crippen LogP contribution < -0.4 is 10.5 Å². The zero-order valence-electron chi connectivity index (χ0n) is 8.77. The standard InChI is InChI=1S/C12H11NO2S/c1-15-10-4-2-3-8(5-10)9-6-11(12(13)14)16-7-9/h2-7H,1H3,(H2,13,14). The number of thiophene rings is 1. The molecule has 82 valence electrons. The highest BCUT2D eigenvalue weighted by molar-refractivity contribution is 7.12. The number of carbonyl (C=O) groups is 1. The van der Waals surface area contributed by atoms with E-state index in [-0.39, 0.29) is 5.91 Å². The van der Waals surface area contributed by atoms with E-state index in [1.54, 1.807) is 13.2 Å². The average molecular weight is 233 g/mol. The van der Waals surface area contributed by atoms with Crippen LogP contribution in [0, 0.1) is 0 Å². The minimum absolute atomic E-state index is 0.390. The fraction of sp³-hybridized carbons (Fsp3) is 0.0833. The Bertz CT molecular complexity index is 519. The molecule has 0 atom stereocenters. The number of hydrogen-bond donors (Lipinski definition) is 1. The number of nitrogens with two attached hydrogens (primary N) is 1. The van der Waals surface area contributed by atoms with Gasteiger partial charge in [-0.05, 0) is 34.7 Å². The van der Waals surface area contributed by atoms with Gasteiger partial charge < -0.3 is 10.5 Å². The summed E-state index contributed by atoms with van der Waals surface area (Å²) >= 11 is 1.35. The van der Waals surface area contributed by atoms with E-state index in [4.69, 9.17) is 10.5 Å². The summed E-state index contributed by atoms with van der Waals surface area (Å²) in [5, 5.41) is 1.91. The van der Waals surface area contributed by atoms with E-state index in [0.717, 1.165) is 16.9 Å². The minimum Gasteiger partial charge on any atom is -0.497 e. The molecule has 2 aromatic rings. The predicted molar refractivity (Wildman–Crippen MR) is 64.8 cm³/mol. The van der Waals surface area contributed by atoms with Crippen molar-refractivity contribution in [3.8, 4) is 16.9 Å². The number of hydrogen-bond acceptors (Lipinski definition) is 3. The highest BCUT2D eigenvalue weighted by Crippen LogP contribution is 2.27. The Balaban J connectivity index is 2.38. The smallest absolute Gasteiger partial charge is 0.258 e. The Morgan fingerprint density at radius 3 is 2.75 bits per heavy atom. The van der Waals surface area contributed by atoms with Gasteiger partial charge in [0.2, 0.25) is 0 Å². The molecule has 1 heterocycles. The molecule has 0 saturated heterocycles. The number of benzene rings is 1. The quantitative estimate of drug-likeness (QED) is 0.885. The van der Waals surface area contributed by atoms with E-state index in [2.05, 4.69) is 0 Å². The lowest BCUT2D eigenvalue weighted by Gasteiger charge is -2.01. The number of ether oxygens (including phenoxy) is 1. The zero-order chi connectivity index (χ0) is 11.5. The number of methoxy groups -OCH3 is 1. The molecule has 0 saturated carbocycles. The number of rotatable bonds is 3. The molecule has 0 radical (unpaired) electrons. The third-order valence-electron chi connectivity index (χ3n) is 2.25. The Labute approximate surface area is 97.5 Å². The summed E-state index contributed by atoms with van der Waals surface area (Å²) in [6.07, 6.45) is 0. The fourth-order valence-electron chi connectivity index (χ4n) is 1.42. The highest BCUT2D eigenvalue weighted by atomic mass is 32.1. The van der Waals surface area contributed by atoms with Gasteiger partial charge in [0.25, 0.3) is 5.91 Å². The van der Waals surface area contributed by atoms with Crippen molar-refractivity contribution in [1.82, 2.24) is 0 Å². The monoisotopic (exact) mass is 233 g/mol. The van der Waals surface area contributed by atoms with Crippen LogP contribution in [0.15, 0.2) is 35.7 Å². The molecule has 0 unspecified atom stereocenters. The average Bonchev–Trinajstić information content (AvgIpc) is 2.78. The second kappa shape index (κ2) is 4.37. The summed E-state index contributed by atoms with van der Waals surface area (Å²) in [5.74, 6) is 0.406. The lowest BCUT2D eigenvalue weighted by molar-refractivity contribution is 0.100. The van der Waals surface area contributed by atoms with Gasteiger partial charge in [-0.1, -0.05) is 12.1 Å². The van der Waals surface area contributed by atoms with Crippen molar-refractivity contribution in [1.29, 1.82) is 0 Å². The summed E-state index contributed by atoms with van der Waals surface area (Å²) in [6, 6.07) is 9.48. The first-order chi connectivity index (χ1) is 7.70. The summed E-state index contributed by atoms with van der Waals surface area (Å²) in [6.45, 7) is 0. The SMILES string of the molecule is COc1cccc(-c2csc(C(N)=O)c2)c1. The van der Waals surface area contributed by atoms with Crippen molar-refractivity contribution in [2.75, 3.05) is 7.11 Å². The second-order valence-corrected chi connectivity index (χ2v) is 4.21. The van der Waals surface area contributed by atoms with Gasteiger partial charge in [0.1, 0.15) is 5.75 Å². The zero-order valence-corrected chi connectivity index (χ0v) is 9.58. The van der Waals surface area contributed by atoms with E-state index >= 15 is 0 Å². The van der Waals surface area contributed by atoms with Crippen molar-refractivity contribution < 1.29 is 9.53 Å². The van der Waals surface area contributed by atoms with Gasteiger partial charge in [-0.25, -0.2) is 0 Å². The third kappa shape index (κ3) is 2.06. The normalized spacial score (nSPS) is 10.1. The Morgan fingerprint density at radius 1 is 1.31 bits per heavy atom. The molecule has 0 spiro atoms. The van der Waals surface area contributed by atoms with Crippen molar-refractivity contribution in [2.24, 2.45) is 5.73 Å². The van der Waals surface area contributed by atoms with Crippen LogP contribution >= 0.6 is 11.3 Å². The van der Waals surface area contributed by atoms with Gasteiger partial charge in [-0.2, -0.15) is 0 Å². The van der Waals surface area contributed by atoms with Gasteiger partial charge in [0.15, 0.2) is 0 Å². The molecule has 0 aliphatic carbocycles. The molecule has 2 N–H and O–H groups in total. The van der Waals surface area contributed by atoms with Gasteiger partial charge in [-0.15, -0.1) is 11.3 Å².